The van der Waals surface area contributed by atoms with Gasteiger partial charge in [0.2, 0.25) is 6.43 Å². The summed E-state index contributed by atoms with van der Waals surface area (Å²) in [4.78, 5) is 0.671. The predicted octanol–water partition coefficient (Wildman–Crippen LogP) is 4.04. The molecule has 1 rings (SSSR count). The van der Waals surface area contributed by atoms with Crippen LogP contribution in [0.3, 0.4) is 0 Å². The zero-order valence-electron chi connectivity index (χ0n) is 6.94. The molecule has 2 N–H and O–H groups in total. The van der Waals surface area contributed by atoms with E-state index in [9.17, 15) is 8.78 Å². The maximum absolute atomic E-state index is 11.9. The molecule has 0 aliphatic heterocycles. The van der Waals surface area contributed by atoms with Gasteiger partial charge in [-0.2, -0.15) is 0 Å². The number of hydrogen-bond donors (Lipinski definition) is 1. The van der Waals surface area contributed by atoms with Gasteiger partial charge < -0.3 is 5.73 Å². The highest BCUT2D eigenvalue weighted by atomic mass is 79.9. The van der Waals surface area contributed by atoms with E-state index in [-0.39, 0.29) is 5.75 Å². The molecule has 0 bridgehead atoms. The molecule has 6 heteroatoms. The van der Waals surface area contributed by atoms with E-state index in [0.717, 1.165) is 11.8 Å². The van der Waals surface area contributed by atoms with Crippen molar-refractivity contribution in [3.63, 3.8) is 0 Å². The molecule has 0 radical (unpaired) electrons. The molecule has 0 spiro atoms. The van der Waals surface area contributed by atoms with Crippen LogP contribution in [0.2, 0.25) is 5.02 Å². The molecule has 78 valence electrons. The Morgan fingerprint density at radius 2 is 2.14 bits per heavy atom. The summed E-state index contributed by atoms with van der Waals surface area (Å²) in [7, 11) is 0. The molecule has 0 atom stereocenters. The Hall–Kier alpha value is -0.000000000000000167. The molecule has 0 heterocycles. The minimum atomic E-state index is -2.33. The van der Waals surface area contributed by atoms with Crippen molar-refractivity contribution in [2.75, 3.05) is 11.5 Å². The second-order valence-electron chi connectivity index (χ2n) is 2.51. The van der Waals surface area contributed by atoms with E-state index in [2.05, 4.69) is 15.9 Å². The number of rotatable bonds is 3. The van der Waals surface area contributed by atoms with Crippen LogP contribution in [0.5, 0.6) is 0 Å². The Morgan fingerprint density at radius 3 is 2.71 bits per heavy atom. The number of halogens is 4. The number of hydrogen-bond acceptors (Lipinski definition) is 2. The number of alkyl halides is 2. The van der Waals surface area contributed by atoms with Gasteiger partial charge in [-0.25, -0.2) is 8.78 Å². The number of anilines is 1. The summed E-state index contributed by atoms with van der Waals surface area (Å²) in [6.45, 7) is 0. The normalized spacial score (nSPS) is 10.9. The van der Waals surface area contributed by atoms with Crippen molar-refractivity contribution in [1.82, 2.24) is 0 Å². The molecule has 1 aromatic rings. The average molecular weight is 303 g/mol. The monoisotopic (exact) mass is 301 g/mol. The smallest absolute Gasteiger partial charge is 0.247 e. The van der Waals surface area contributed by atoms with Crippen LogP contribution in [0.4, 0.5) is 14.5 Å². The molecule has 0 saturated heterocycles. The highest BCUT2D eigenvalue weighted by molar-refractivity contribution is 9.10. The average Bonchev–Trinajstić information content (AvgIpc) is 2.09. The number of thioether (sulfide) groups is 1. The molecule has 14 heavy (non-hydrogen) atoms. The quantitative estimate of drug-likeness (QED) is 0.673. The molecule has 0 unspecified atom stereocenters. The fourth-order valence-electron chi connectivity index (χ4n) is 0.807. The molecular formula is C8H7BrClF2NS. The summed E-state index contributed by atoms with van der Waals surface area (Å²) in [5.74, 6) is -0.251. The molecule has 1 aromatic carbocycles. The molecule has 1 nitrogen and oxygen atoms in total. The summed E-state index contributed by atoms with van der Waals surface area (Å²) in [6.07, 6.45) is -2.33. The van der Waals surface area contributed by atoms with Gasteiger partial charge in [0.25, 0.3) is 0 Å². The van der Waals surface area contributed by atoms with Crippen LogP contribution in [0, 0.1) is 0 Å². The lowest BCUT2D eigenvalue weighted by Gasteiger charge is -2.06. The zero-order valence-corrected chi connectivity index (χ0v) is 10.1. The summed E-state index contributed by atoms with van der Waals surface area (Å²) in [5, 5.41) is 0.380. The SMILES string of the molecule is Nc1cc(Br)c(SCC(F)F)cc1Cl. The maximum Gasteiger partial charge on any atom is 0.247 e. The number of nitrogens with two attached hydrogens (primary N) is 1. The van der Waals surface area contributed by atoms with Crippen LogP contribution >= 0.6 is 39.3 Å². The van der Waals surface area contributed by atoms with Crippen LogP contribution in [0.1, 0.15) is 0 Å². The minimum absolute atomic E-state index is 0.251. The Kier molecular flexibility index (Phi) is 4.47. The van der Waals surface area contributed by atoms with Gasteiger partial charge in [-0.1, -0.05) is 11.6 Å². The lowest BCUT2D eigenvalue weighted by Crippen LogP contribution is -1.94. The van der Waals surface area contributed by atoms with E-state index < -0.39 is 6.43 Å². The van der Waals surface area contributed by atoms with Crippen molar-refractivity contribution >= 4 is 45.0 Å². The second kappa shape index (κ2) is 5.19. The van der Waals surface area contributed by atoms with E-state index >= 15 is 0 Å². The standard InChI is InChI=1S/C8H7BrClF2NS/c9-4-1-6(13)5(10)2-7(4)14-3-8(11)12/h1-2,8H,3,13H2. The van der Waals surface area contributed by atoms with Gasteiger partial charge in [0, 0.05) is 9.37 Å². The molecule has 0 fully saturated rings. The molecule has 0 aliphatic carbocycles. The van der Waals surface area contributed by atoms with Gasteiger partial charge in [-0.05, 0) is 28.1 Å². The van der Waals surface area contributed by atoms with Crippen molar-refractivity contribution in [3.8, 4) is 0 Å². The summed E-state index contributed by atoms with van der Waals surface area (Å²) in [5.41, 5.74) is 5.96. The number of benzene rings is 1. The van der Waals surface area contributed by atoms with E-state index in [0.29, 0.717) is 20.1 Å². The van der Waals surface area contributed by atoms with Gasteiger partial charge in [0.1, 0.15) is 0 Å². The Balaban J connectivity index is 2.82. The third-order valence-electron chi connectivity index (χ3n) is 1.42. The summed E-state index contributed by atoms with van der Waals surface area (Å²) >= 11 is 10.0. The second-order valence-corrected chi connectivity index (χ2v) is 4.83. The van der Waals surface area contributed by atoms with Crippen molar-refractivity contribution in [2.24, 2.45) is 0 Å². The van der Waals surface area contributed by atoms with Crippen molar-refractivity contribution in [2.45, 2.75) is 11.3 Å². The summed E-state index contributed by atoms with van der Waals surface area (Å²) in [6, 6.07) is 3.18. The van der Waals surface area contributed by atoms with E-state index in [1.807, 2.05) is 0 Å². The Bertz CT molecular complexity index is 335. The van der Waals surface area contributed by atoms with Gasteiger partial charge in [0.05, 0.1) is 16.5 Å². The third-order valence-corrected chi connectivity index (χ3v) is 3.73. The van der Waals surface area contributed by atoms with Crippen LogP contribution in [-0.4, -0.2) is 12.2 Å². The molecule has 0 saturated carbocycles. The predicted molar refractivity (Wildman–Crippen MR) is 60.3 cm³/mol. The van der Waals surface area contributed by atoms with Crippen LogP contribution in [-0.2, 0) is 0 Å². The third kappa shape index (κ3) is 3.29. The summed E-state index contributed by atoms with van der Waals surface area (Å²) < 4.78 is 24.6. The molecular weight excluding hydrogens is 296 g/mol. The fourth-order valence-corrected chi connectivity index (χ4v) is 2.44. The maximum atomic E-state index is 11.9. The van der Waals surface area contributed by atoms with E-state index in [1.165, 1.54) is 0 Å². The Labute approximate surface area is 98.1 Å². The molecule has 0 aliphatic rings. The first-order valence-electron chi connectivity index (χ1n) is 3.66. The van der Waals surface area contributed by atoms with Crippen LogP contribution in [0.25, 0.3) is 0 Å². The minimum Gasteiger partial charge on any atom is -0.397 e. The first-order chi connectivity index (χ1) is 6.50. The largest absolute Gasteiger partial charge is 0.397 e. The van der Waals surface area contributed by atoms with Crippen LogP contribution in [0.15, 0.2) is 21.5 Å². The van der Waals surface area contributed by atoms with Gasteiger partial charge in [0.15, 0.2) is 0 Å². The van der Waals surface area contributed by atoms with E-state index in [4.69, 9.17) is 17.3 Å². The number of nitrogen functional groups attached to an aromatic ring is 1. The van der Waals surface area contributed by atoms with Gasteiger partial charge in [-0.3, -0.25) is 0 Å². The first-order valence-corrected chi connectivity index (χ1v) is 5.82. The van der Waals surface area contributed by atoms with Crippen molar-refractivity contribution in [1.29, 1.82) is 0 Å². The molecule has 0 aromatic heterocycles. The zero-order chi connectivity index (χ0) is 10.7. The van der Waals surface area contributed by atoms with Gasteiger partial charge in [-0.15, -0.1) is 11.8 Å². The van der Waals surface area contributed by atoms with E-state index in [1.54, 1.807) is 12.1 Å². The lowest BCUT2D eigenvalue weighted by atomic mass is 10.3. The van der Waals surface area contributed by atoms with Crippen molar-refractivity contribution < 1.29 is 8.78 Å². The molecule has 0 amide bonds. The highest BCUT2D eigenvalue weighted by Gasteiger charge is 2.08. The first kappa shape index (κ1) is 12.1. The van der Waals surface area contributed by atoms with Crippen LogP contribution < -0.4 is 5.73 Å². The highest BCUT2D eigenvalue weighted by Crippen LogP contribution is 2.34. The Morgan fingerprint density at radius 1 is 1.50 bits per heavy atom. The van der Waals surface area contributed by atoms with Gasteiger partial charge >= 0.3 is 0 Å². The fraction of sp³-hybridized carbons (Fsp3) is 0.250. The lowest BCUT2D eigenvalue weighted by molar-refractivity contribution is 0.177. The topological polar surface area (TPSA) is 26.0 Å². The van der Waals surface area contributed by atoms with Crippen molar-refractivity contribution in [3.05, 3.63) is 21.6 Å².